The molecule has 0 saturated carbocycles. The Morgan fingerprint density at radius 3 is 2.67 bits per heavy atom. The maximum Gasteiger partial charge on any atom is 0.235 e. The van der Waals surface area contributed by atoms with Crippen LogP contribution in [0.25, 0.3) is 0 Å². The lowest BCUT2D eigenvalue weighted by Crippen LogP contribution is -2.45. The van der Waals surface area contributed by atoms with Crippen molar-refractivity contribution in [2.45, 2.75) is 18.3 Å². The van der Waals surface area contributed by atoms with Crippen LogP contribution in [-0.4, -0.2) is 44.4 Å². The van der Waals surface area contributed by atoms with E-state index in [0.717, 1.165) is 0 Å². The van der Waals surface area contributed by atoms with E-state index in [2.05, 4.69) is 10.3 Å². The molecule has 1 fully saturated rings. The molecule has 7 heteroatoms. The Morgan fingerprint density at radius 2 is 2.00 bits per heavy atom. The van der Waals surface area contributed by atoms with Crippen LogP contribution < -0.4 is 10.1 Å². The molecule has 6 nitrogen and oxygen atoms in total. The van der Waals surface area contributed by atoms with E-state index in [1.165, 1.54) is 12.3 Å². The van der Waals surface area contributed by atoms with Crippen molar-refractivity contribution in [1.29, 1.82) is 0 Å². The summed E-state index contributed by atoms with van der Waals surface area (Å²) in [5.74, 6) is -0.194. The van der Waals surface area contributed by atoms with Gasteiger partial charge in [0.1, 0.15) is 12.4 Å². The smallest absolute Gasteiger partial charge is 0.235 e. The summed E-state index contributed by atoms with van der Waals surface area (Å²) in [5, 5.41) is 2.87. The van der Waals surface area contributed by atoms with E-state index < -0.39 is 5.41 Å². The van der Waals surface area contributed by atoms with Gasteiger partial charge in [-0.15, -0.1) is 0 Å². The van der Waals surface area contributed by atoms with Gasteiger partial charge in [0.25, 0.3) is 0 Å². The SMILES string of the molecule is COCCOc1ccc(NC(=O)C2(c3ccccc3F)CCOCC2)cn1. The van der Waals surface area contributed by atoms with Gasteiger partial charge >= 0.3 is 0 Å². The van der Waals surface area contributed by atoms with E-state index in [-0.39, 0.29) is 11.7 Å². The fraction of sp³-hybridized carbons (Fsp3) is 0.400. The third-order valence-corrected chi connectivity index (χ3v) is 4.70. The van der Waals surface area contributed by atoms with Crippen molar-refractivity contribution in [2.75, 3.05) is 38.9 Å². The van der Waals surface area contributed by atoms with Crippen LogP contribution in [0.3, 0.4) is 0 Å². The van der Waals surface area contributed by atoms with E-state index in [1.54, 1.807) is 37.4 Å². The number of hydrogen-bond acceptors (Lipinski definition) is 5. The molecule has 27 heavy (non-hydrogen) atoms. The number of carbonyl (C=O) groups is 1. The molecular weight excluding hydrogens is 351 g/mol. The first-order valence-corrected chi connectivity index (χ1v) is 8.88. The zero-order valence-electron chi connectivity index (χ0n) is 15.2. The minimum Gasteiger partial charge on any atom is -0.475 e. The number of halogens is 1. The van der Waals surface area contributed by atoms with Crippen molar-refractivity contribution >= 4 is 11.6 Å². The second-order valence-electron chi connectivity index (χ2n) is 6.35. The molecule has 0 atom stereocenters. The number of rotatable bonds is 7. The van der Waals surface area contributed by atoms with Gasteiger partial charge in [-0.25, -0.2) is 9.37 Å². The molecule has 1 aromatic carbocycles. The van der Waals surface area contributed by atoms with Crippen molar-refractivity contribution < 1.29 is 23.4 Å². The Labute approximate surface area is 157 Å². The highest BCUT2D eigenvalue weighted by atomic mass is 19.1. The molecule has 0 bridgehead atoms. The molecule has 0 radical (unpaired) electrons. The highest BCUT2D eigenvalue weighted by molar-refractivity contribution is 5.99. The van der Waals surface area contributed by atoms with Gasteiger partial charge in [-0.2, -0.15) is 0 Å². The number of nitrogens with zero attached hydrogens (tertiary/aromatic N) is 1. The van der Waals surface area contributed by atoms with Gasteiger partial charge in [0.15, 0.2) is 0 Å². The Balaban J connectivity index is 1.76. The number of hydrogen-bond donors (Lipinski definition) is 1. The quantitative estimate of drug-likeness (QED) is 0.755. The van der Waals surface area contributed by atoms with Crippen molar-refractivity contribution in [2.24, 2.45) is 0 Å². The summed E-state index contributed by atoms with van der Waals surface area (Å²) in [6, 6.07) is 9.80. The molecule has 1 N–H and O–H groups in total. The first-order valence-electron chi connectivity index (χ1n) is 8.88. The maximum absolute atomic E-state index is 14.5. The number of nitrogens with one attached hydrogen (secondary N) is 1. The summed E-state index contributed by atoms with van der Waals surface area (Å²) in [4.78, 5) is 17.3. The Bertz CT molecular complexity index is 761. The third-order valence-electron chi connectivity index (χ3n) is 4.70. The van der Waals surface area contributed by atoms with E-state index in [9.17, 15) is 9.18 Å². The van der Waals surface area contributed by atoms with Gasteiger partial charge in [-0.1, -0.05) is 18.2 Å². The van der Waals surface area contributed by atoms with Crippen LogP contribution in [0.15, 0.2) is 42.6 Å². The van der Waals surface area contributed by atoms with Crippen molar-refractivity contribution in [1.82, 2.24) is 4.98 Å². The number of anilines is 1. The Kier molecular flexibility index (Phi) is 6.36. The fourth-order valence-corrected chi connectivity index (χ4v) is 3.21. The lowest BCUT2D eigenvalue weighted by atomic mass is 9.73. The largest absolute Gasteiger partial charge is 0.475 e. The monoisotopic (exact) mass is 374 g/mol. The summed E-state index contributed by atoms with van der Waals surface area (Å²) in [7, 11) is 1.59. The predicted octanol–water partition coefficient (Wildman–Crippen LogP) is 2.93. The molecule has 3 rings (SSSR count). The van der Waals surface area contributed by atoms with Crippen LogP contribution in [-0.2, 0) is 19.7 Å². The highest BCUT2D eigenvalue weighted by Gasteiger charge is 2.43. The third kappa shape index (κ3) is 4.43. The summed E-state index contributed by atoms with van der Waals surface area (Å²) in [6.07, 6.45) is 2.37. The molecule has 1 aromatic heterocycles. The second kappa shape index (κ2) is 8.92. The number of amides is 1. The zero-order valence-corrected chi connectivity index (χ0v) is 15.2. The molecule has 2 heterocycles. The zero-order chi connectivity index (χ0) is 19.1. The minimum absolute atomic E-state index is 0.259. The maximum atomic E-state index is 14.5. The van der Waals surface area contributed by atoms with Gasteiger partial charge in [0.05, 0.1) is 23.9 Å². The van der Waals surface area contributed by atoms with Gasteiger partial charge in [-0.05, 0) is 25.0 Å². The average molecular weight is 374 g/mol. The van der Waals surface area contributed by atoms with Crippen molar-refractivity contribution in [3.8, 4) is 5.88 Å². The molecule has 2 aromatic rings. The number of methoxy groups -OCH3 is 1. The van der Waals surface area contributed by atoms with Crippen LogP contribution >= 0.6 is 0 Å². The normalized spacial score (nSPS) is 15.9. The molecule has 0 spiro atoms. The molecule has 0 aliphatic carbocycles. The number of aromatic nitrogens is 1. The van der Waals surface area contributed by atoms with E-state index >= 15 is 0 Å². The molecule has 144 valence electrons. The molecule has 1 saturated heterocycles. The average Bonchev–Trinajstić information content (AvgIpc) is 2.70. The van der Waals surface area contributed by atoms with E-state index in [1.807, 2.05) is 0 Å². The molecule has 1 aliphatic rings. The number of ether oxygens (including phenoxy) is 3. The van der Waals surface area contributed by atoms with Gasteiger partial charge in [0.2, 0.25) is 11.8 Å². The molecule has 1 amide bonds. The number of benzene rings is 1. The summed E-state index contributed by atoms with van der Waals surface area (Å²) in [5.41, 5.74) is -0.0309. The minimum atomic E-state index is -0.961. The first-order chi connectivity index (χ1) is 13.2. The highest BCUT2D eigenvalue weighted by Crippen LogP contribution is 2.37. The topological polar surface area (TPSA) is 69.7 Å². The van der Waals surface area contributed by atoms with Crippen molar-refractivity contribution in [3.05, 3.63) is 54.0 Å². The van der Waals surface area contributed by atoms with Crippen LogP contribution in [0.5, 0.6) is 5.88 Å². The summed E-state index contributed by atoms with van der Waals surface area (Å²) in [6.45, 7) is 1.68. The van der Waals surface area contributed by atoms with Crippen LogP contribution in [0.1, 0.15) is 18.4 Å². The van der Waals surface area contributed by atoms with Crippen LogP contribution in [0.2, 0.25) is 0 Å². The fourth-order valence-electron chi connectivity index (χ4n) is 3.21. The number of pyridine rings is 1. The number of carbonyl (C=O) groups excluding carboxylic acids is 1. The Morgan fingerprint density at radius 1 is 1.22 bits per heavy atom. The predicted molar refractivity (Wildman–Crippen MR) is 98.4 cm³/mol. The summed E-state index contributed by atoms with van der Waals surface area (Å²) < 4.78 is 30.2. The van der Waals surface area contributed by atoms with Crippen molar-refractivity contribution in [3.63, 3.8) is 0 Å². The van der Waals surface area contributed by atoms with Crippen LogP contribution in [0, 0.1) is 5.82 Å². The second-order valence-corrected chi connectivity index (χ2v) is 6.35. The van der Waals surface area contributed by atoms with Gasteiger partial charge < -0.3 is 19.5 Å². The Hall–Kier alpha value is -2.51. The lowest BCUT2D eigenvalue weighted by molar-refractivity contribution is -0.125. The van der Waals surface area contributed by atoms with E-state index in [4.69, 9.17) is 14.2 Å². The molecular formula is C20H23FN2O4. The van der Waals surface area contributed by atoms with E-state index in [0.29, 0.717) is 56.4 Å². The molecule has 1 aliphatic heterocycles. The molecule has 0 unspecified atom stereocenters. The van der Waals surface area contributed by atoms with Gasteiger partial charge in [0, 0.05) is 32.0 Å². The van der Waals surface area contributed by atoms with Crippen LogP contribution in [0.4, 0.5) is 10.1 Å². The standard InChI is InChI=1S/C20H23FN2O4/c1-25-12-13-27-18-7-6-15(14-22-18)23-19(24)20(8-10-26-11-9-20)16-4-2-3-5-17(16)21/h2-7,14H,8-13H2,1H3,(H,23,24). The lowest BCUT2D eigenvalue weighted by Gasteiger charge is -2.36. The summed E-state index contributed by atoms with van der Waals surface area (Å²) >= 11 is 0. The first kappa shape index (κ1) is 19.3. The van der Waals surface area contributed by atoms with Gasteiger partial charge in [-0.3, -0.25) is 4.79 Å².